The minimum atomic E-state index is -4.97. The van der Waals surface area contributed by atoms with Crippen LogP contribution in [0.4, 0.5) is 0 Å². The first-order chi connectivity index (χ1) is 47.7. The Morgan fingerprint density at radius 2 is 0.531 bits per heavy atom. The van der Waals surface area contributed by atoms with Crippen LogP contribution in [0, 0.1) is 0 Å². The zero-order valence-electron chi connectivity index (χ0n) is 62.5. The summed E-state index contributed by atoms with van der Waals surface area (Å²) in [5, 5.41) is 10.6. The normalized spacial score (nSPS) is 14.2. The summed E-state index contributed by atoms with van der Waals surface area (Å²) in [7, 11) is -9.94. The number of carbonyl (C=O) groups is 4. The SMILES string of the molecule is CC/C=C\C/C=C\C/C=C\CCCCCCCC(=O)OCC(COP(=O)(O)OCC(O)COP(=O)(O)OCC(COC(=O)CCCCCCC/C=C\CCCCCCCC)OC(=O)CCCCCCC/C=C\CCCCCC)OC(=O)CCCCCCCCCCCCCCCCC. The molecule has 98 heavy (non-hydrogen) atoms. The average molecular weight is 1430 g/mol. The van der Waals surface area contributed by atoms with E-state index in [1.54, 1.807) is 0 Å². The largest absolute Gasteiger partial charge is 0.472 e. The minimum Gasteiger partial charge on any atom is -0.462 e. The number of aliphatic hydroxyl groups excluding tert-OH is 1. The molecule has 17 nitrogen and oxygen atoms in total. The van der Waals surface area contributed by atoms with Crippen LogP contribution in [0.25, 0.3) is 0 Å². The van der Waals surface area contributed by atoms with Gasteiger partial charge in [0.1, 0.15) is 19.3 Å². The second-order valence-corrected chi connectivity index (χ2v) is 29.5. The number of hydrogen-bond donors (Lipinski definition) is 3. The van der Waals surface area contributed by atoms with Gasteiger partial charge in [-0.05, 0) is 109 Å². The smallest absolute Gasteiger partial charge is 0.462 e. The number of hydrogen-bond acceptors (Lipinski definition) is 15. The summed E-state index contributed by atoms with van der Waals surface area (Å²) < 4.78 is 68.5. The third-order valence-electron chi connectivity index (χ3n) is 17.0. The molecule has 572 valence electrons. The van der Waals surface area contributed by atoms with Crippen LogP contribution in [-0.4, -0.2) is 96.7 Å². The third-order valence-corrected chi connectivity index (χ3v) is 18.9. The fraction of sp³-hybridized carbons (Fsp3) is 0.823. The van der Waals surface area contributed by atoms with Crippen molar-refractivity contribution in [2.45, 2.75) is 380 Å². The van der Waals surface area contributed by atoms with Gasteiger partial charge in [-0.1, -0.05) is 288 Å². The minimum absolute atomic E-state index is 0.0874. The maximum absolute atomic E-state index is 13.1. The fourth-order valence-electron chi connectivity index (χ4n) is 10.9. The average Bonchev–Trinajstić information content (AvgIpc) is 1.04. The van der Waals surface area contributed by atoms with Gasteiger partial charge in [-0.15, -0.1) is 0 Å². The lowest BCUT2D eigenvalue weighted by Crippen LogP contribution is -2.30. The first kappa shape index (κ1) is 94.8. The molecule has 0 aromatic heterocycles. The molecule has 0 fully saturated rings. The summed E-state index contributed by atoms with van der Waals surface area (Å²) in [6.45, 7) is 4.77. The van der Waals surface area contributed by atoms with Gasteiger partial charge in [0.25, 0.3) is 0 Å². The molecule has 0 spiro atoms. The van der Waals surface area contributed by atoms with E-state index in [-0.39, 0.29) is 25.7 Å². The van der Waals surface area contributed by atoms with Gasteiger partial charge in [-0.2, -0.15) is 0 Å². The number of carbonyl (C=O) groups excluding carboxylic acids is 4. The highest BCUT2D eigenvalue weighted by molar-refractivity contribution is 7.47. The second kappa shape index (κ2) is 72.1. The predicted octanol–water partition coefficient (Wildman–Crippen LogP) is 22.7. The van der Waals surface area contributed by atoms with Gasteiger partial charge in [-0.25, -0.2) is 9.13 Å². The van der Waals surface area contributed by atoms with E-state index >= 15 is 0 Å². The van der Waals surface area contributed by atoms with Gasteiger partial charge in [0, 0.05) is 25.7 Å². The molecule has 0 saturated carbocycles. The number of allylic oxidation sites excluding steroid dienone is 10. The standard InChI is InChI=1S/C79H144O17P2/c1-5-9-13-17-21-25-29-33-36-40-43-47-51-55-59-63-76(81)89-69-74(95-78(83)65-61-57-53-49-45-39-32-28-24-20-16-12-8-4)71-93-97(85,86)91-67-73(80)68-92-98(87,88)94-72-75(96-79(84)66-62-58-54-50-46-42-38-35-31-27-23-19-15-11-7-3)70-90-77(82)64-60-56-52-48-44-41-37-34-30-26-22-18-14-10-6-2/h10,14,22,26,28,32-34,36-37,73-75,80H,5-9,11-13,15-21,23-25,27,29-31,35,38-72H2,1-4H3,(H,85,86)(H,87,88)/b14-10-,26-22-,32-28-,36-33-,37-34-. The quantitative estimate of drug-likeness (QED) is 0.0169. The van der Waals surface area contributed by atoms with Crippen molar-refractivity contribution in [3.63, 3.8) is 0 Å². The van der Waals surface area contributed by atoms with Crippen molar-refractivity contribution >= 4 is 39.5 Å². The molecule has 0 saturated heterocycles. The van der Waals surface area contributed by atoms with Crippen LogP contribution in [0.2, 0.25) is 0 Å². The number of unbranched alkanes of at least 4 members (excludes halogenated alkanes) is 39. The van der Waals surface area contributed by atoms with Crippen molar-refractivity contribution < 1.29 is 80.2 Å². The molecular formula is C79H144O17P2. The van der Waals surface area contributed by atoms with E-state index < -0.39 is 97.5 Å². The molecule has 0 amide bonds. The maximum atomic E-state index is 13.1. The van der Waals surface area contributed by atoms with Gasteiger partial charge >= 0.3 is 39.5 Å². The third kappa shape index (κ3) is 71.2. The molecule has 0 aromatic rings. The Kier molecular flexibility index (Phi) is 69.7. The Hall–Kier alpha value is -3.24. The molecule has 5 atom stereocenters. The number of ether oxygens (including phenoxy) is 4. The van der Waals surface area contributed by atoms with E-state index in [1.807, 2.05) is 0 Å². The summed E-state index contributed by atoms with van der Waals surface area (Å²) >= 11 is 0. The van der Waals surface area contributed by atoms with E-state index in [0.717, 1.165) is 154 Å². The van der Waals surface area contributed by atoms with Crippen molar-refractivity contribution in [3.05, 3.63) is 60.8 Å². The van der Waals surface area contributed by atoms with Gasteiger partial charge in [-0.3, -0.25) is 37.3 Å². The number of aliphatic hydroxyl groups is 1. The summed E-state index contributed by atoms with van der Waals surface area (Å²) in [6, 6.07) is 0. The Balaban J connectivity index is 5.33. The van der Waals surface area contributed by atoms with E-state index in [4.69, 9.17) is 37.0 Å². The summed E-state index contributed by atoms with van der Waals surface area (Å²) in [6.07, 6.45) is 70.5. The number of rotatable bonds is 75. The van der Waals surface area contributed by atoms with E-state index in [0.29, 0.717) is 25.7 Å². The van der Waals surface area contributed by atoms with Gasteiger partial charge in [0.2, 0.25) is 0 Å². The lowest BCUT2D eigenvalue weighted by molar-refractivity contribution is -0.161. The number of phosphoric acid groups is 2. The van der Waals surface area contributed by atoms with Crippen molar-refractivity contribution in [1.29, 1.82) is 0 Å². The molecule has 0 bridgehead atoms. The Labute approximate surface area is 597 Å². The van der Waals surface area contributed by atoms with Crippen LogP contribution in [0.1, 0.15) is 362 Å². The lowest BCUT2D eigenvalue weighted by atomic mass is 10.0. The highest BCUT2D eigenvalue weighted by atomic mass is 31.2. The van der Waals surface area contributed by atoms with Crippen LogP contribution >= 0.6 is 15.6 Å². The van der Waals surface area contributed by atoms with Crippen LogP contribution in [-0.2, 0) is 65.4 Å². The van der Waals surface area contributed by atoms with Crippen molar-refractivity contribution in [2.24, 2.45) is 0 Å². The number of phosphoric ester groups is 2. The van der Waals surface area contributed by atoms with Crippen molar-refractivity contribution in [2.75, 3.05) is 39.6 Å². The topological polar surface area (TPSA) is 237 Å². The van der Waals surface area contributed by atoms with E-state index in [9.17, 15) is 43.2 Å². The maximum Gasteiger partial charge on any atom is 0.472 e. The Morgan fingerprint density at radius 3 is 0.837 bits per heavy atom. The van der Waals surface area contributed by atoms with E-state index in [2.05, 4.69) is 88.5 Å². The predicted molar refractivity (Wildman–Crippen MR) is 400 cm³/mol. The molecule has 0 aromatic carbocycles. The van der Waals surface area contributed by atoms with E-state index in [1.165, 1.54) is 128 Å². The lowest BCUT2D eigenvalue weighted by Gasteiger charge is -2.21. The zero-order chi connectivity index (χ0) is 71.8. The first-order valence-corrected chi connectivity index (χ1v) is 42.5. The highest BCUT2D eigenvalue weighted by Crippen LogP contribution is 2.45. The second-order valence-electron chi connectivity index (χ2n) is 26.6. The van der Waals surface area contributed by atoms with Gasteiger partial charge < -0.3 is 33.8 Å². The number of esters is 4. The highest BCUT2D eigenvalue weighted by Gasteiger charge is 2.30. The summed E-state index contributed by atoms with van der Waals surface area (Å²) in [5.74, 6) is -2.18. The molecule has 0 aliphatic rings. The van der Waals surface area contributed by atoms with Gasteiger partial charge in [0.05, 0.1) is 26.4 Å². The molecule has 0 aliphatic heterocycles. The van der Waals surface area contributed by atoms with Crippen molar-refractivity contribution in [1.82, 2.24) is 0 Å². The molecule has 19 heteroatoms. The van der Waals surface area contributed by atoms with Crippen LogP contribution < -0.4 is 0 Å². The van der Waals surface area contributed by atoms with Crippen LogP contribution in [0.5, 0.6) is 0 Å². The first-order valence-electron chi connectivity index (χ1n) is 39.5. The summed E-state index contributed by atoms with van der Waals surface area (Å²) in [5.41, 5.74) is 0. The molecule has 0 heterocycles. The molecular weight excluding hydrogens is 1280 g/mol. The molecule has 0 rings (SSSR count). The van der Waals surface area contributed by atoms with Crippen LogP contribution in [0.15, 0.2) is 60.8 Å². The molecule has 3 N–H and O–H groups in total. The van der Waals surface area contributed by atoms with Crippen molar-refractivity contribution in [3.8, 4) is 0 Å². The summed E-state index contributed by atoms with van der Waals surface area (Å²) in [4.78, 5) is 72.9. The molecule has 5 unspecified atom stereocenters. The van der Waals surface area contributed by atoms with Crippen LogP contribution in [0.3, 0.4) is 0 Å². The monoisotopic (exact) mass is 1430 g/mol. The Morgan fingerprint density at radius 1 is 0.296 bits per heavy atom. The fourth-order valence-corrected chi connectivity index (χ4v) is 12.5. The zero-order valence-corrected chi connectivity index (χ0v) is 64.3. The molecule has 0 radical (unpaired) electrons. The Bertz CT molecular complexity index is 2100. The molecule has 0 aliphatic carbocycles. The van der Waals surface area contributed by atoms with Gasteiger partial charge in [0.15, 0.2) is 12.2 Å².